The van der Waals surface area contributed by atoms with Gasteiger partial charge in [-0.2, -0.15) is 0 Å². The van der Waals surface area contributed by atoms with Crippen LogP contribution in [0.4, 0.5) is 0 Å². The van der Waals surface area contributed by atoms with Crippen molar-refractivity contribution in [1.29, 1.82) is 0 Å². The van der Waals surface area contributed by atoms with Crippen molar-refractivity contribution in [3.05, 3.63) is 35.9 Å². The molecule has 0 radical (unpaired) electrons. The number of nitrogens with one attached hydrogen (secondary N) is 1. The second-order valence-electron chi connectivity index (χ2n) is 6.11. The van der Waals surface area contributed by atoms with E-state index in [0.717, 1.165) is 19.4 Å². The largest absolute Gasteiger partial charge is 0.348 e. The first-order valence-electron chi connectivity index (χ1n) is 7.90. The molecule has 1 atom stereocenters. The van der Waals surface area contributed by atoms with Gasteiger partial charge in [-0.25, -0.2) is 0 Å². The van der Waals surface area contributed by atoms with Crippen molar-refractivity contribution in [2.45, 2.75) is 38.1 Å². The van der Waals surface area contributed by atoms with Crippen molar-refractivity contribution in [1.82, 2.24) is 10.2 Å². The number of carbonyl (C=O) groups excluding carboxylic acids is 1. The molecule has 0 unspecified atom stereocenters. The molecule has 3 nitrogen and oxygen atoms in total. The van der Waals surface area contributed by atoms with Crippen molar-refractivity contribution < 1.29 is 4.79 Å². The number of carbonyl (C=O) groups is 1. The Hall–Kier alpha value is -1.35. The van der Waals surface area contributed by atoms with Crippen LogP contribution < -0.4 is 5.32 Å². The first-order valence-corrected chi connectivity index (χ1v) is 7.90. The number of likely N-dealkylation sites (tertiary alicyclic amines) is 1. The zero-order chi connectivity index (χ0) is 13.8. The molecule has 2 fully saturated rings. The molecule has 0 bridgehead atoms. The molecule has 1 heterocycles. The SMILES string of the molecule is O=C(N[C@H](CN1CCCC1)c1ccccc1)C1CCC1. The Morgan fingerprint density at radius 1 is 1.15 bits per heavy atom. The summed E-state index contributed by atoms with van der Waals surface area (Å²) in [6.45, 7) is 3.29. The normalized spacial score (nSPS) is 21.4. The van der Waals surface area contributed by atoms with E-state index in [0.29, 0.717) is 0 Å². The van der Waals surface area contributed by atoms with E-state index in [1.807, 2.05) is 6.07 Å². The highest BCUT2D eigenvalue weighted by Gasteiger charge is 2.28. The van der Waals surface area contributed by atoms with Crippen LogP contribution in [0.5, 0.6) is 0 Å². The van der Waals surface area contributed by atoms with Crippen LogP contribution in [0.3, 0.4) is 0 Å². The van der Waals surface area contributed by atoms with Crippen LogP contribution in [0.25, 0.3) is 0 Å². The Morgan fingerprint density at radius 2 is 1.85 bits per heavy atom. The van der Waals surface area contributed by atoms with Gasteiger partial charge >= 0.3 is 0 Å². The summed E-state index contributed by atoms with van der Waals surface area (Å²) >= 11 is 0. The third kappa shape index (κ3) is 3.21. The first-order chi connectivity index (χ1) is 9.83. The van der Waals surface area contributed by atoms with Gasteiger partial charge < -0.3 is 10.2 Å². The van der Waals surface area contributed by atoms with Crippen LogP contribution in [0.2, 0.25) is 0 Å². The smallest absolute Gasteiger partial charge is 0.223 e. The summed E-state index contributed by atoms with van der Waals surface area (Å²) in [5.74, 6) is 0.518. The number of rotatable bonds is 5. The molecule has 1 saturated heterocycles. The monoisotopic (exact) mass is 272 g/mol. The molecule has 1 aliphatic heterocycles. The van der Waals surface area contributed by atoms with Crippen LogP contribution in [0.1, 0.15) is 43.7 Å². The fourth-order valence-electron chi connectivity index (χ4n) is 3.10. The Balaban J connectivity index is 1.67. The summed E-state index contributed by atoms with van der Waals surface area (Å²) in [5.41, 5.74) is 1.23. The third-order valence-corrected chi connectivity index (χ3v) is 4.63. The summed E-state index contributed by atoms with van der Waals surface area (Å²) < 4.78 is 0. The maximum Gasteiger partial charge on any atom is 0.223 e. The Labute approximate surface area is 121 Å². The maximum atomic E-state index is 12.3. The van der Waals surface area contributed by atoms with Crippen molar-refractivity contribution in [3.63, 3.8) is 0 Å². The van der Waals surface area contributed by atoms with Crippen LogP contribution in [-0.4, -0.2) is 30.4 Å². The van der Waals surface area contributed by atoms with E-state index >= 15 is 0 Å². The molecular weight excluding hydrogens is 248 g/mol. The summed E-state index contributed by atoms with van der Waals surface area (Å²) in [7, 11) is 0. The number of benzene rings is 1. The highest BCUT2D eigenvalue weighted by atomic mass is 16.2. The average Bonchev–Trinajstić information content (AvgIpc) is 2.90. The predicted octanol–water partition coefficient (Wildman–Crippen LogP) is 2.74. The Morgan fingerprint density at radius 3 is 2.45 bits per heavy atom. The molecule has 0 spiro atoms. The van der Waals surface area contributed by atoms with Crippen molar-refractivity contribution in [2.24, 2.45) is 5.92 Å². The lowest BCUT2D eigenvalue weighted by Crippen LogP contribution is -2.41. The summed E-state index contributed by atoms with van der Waals surface area (Å²) in [4.78, 5) is 14.7. The standard InChI is InChI=1S/C17H24N2O/c20-17(15-9-6-10-15)18-16(13-19-11-4-5-12-19)14-7-2-1-3-8-14/h1-3,7-8,15-16H,4-6,9-13H2,(H,18,20)/t16-/m1/s1. The zero-order valence-corrected chi connectivity index (χ0v) is 12.1. The van der Waals surface area contributed by atoms with Crippen molar-refractivity contribution in [3.8, 4) is 0 Å². The lowest BCUT2D eigenvalue weighted by Gasteiger charge is -2.29. The van der Waals surface area contributed by atoms with E-state index in [-0.39, 0.29) is 17.9 Å². The second-order valence-corrected chi connectivity index (χ2v) is 6.11. The molecule has 1 N–H and O–H groups in total. The van der Waals surface area contributed by atoms with Crippen LogP contribution >= 0.6 is 0 Å². The van der Waals surface area contributed by atoms with Gasteiger partial charge in [0.05, 0.1) is 6.04 Å². The fraction of sp³-hybridized carbons (Fsp3) is 0.588. The van der Waals surface area contributed by atoms with Gasteiger partial charge in [0, 0.05) is 12.5 Å². The Bertz CT molecular complexity index is 436. The summed E-state index contributed by atoms with van der Waals surface area (Å²) in [5, 5.41) is 3.28. The lowest BCUT2D eigenvalue weighted by molar-refractivity contribution is -0.128. The molecule has 1 amide bonds. The van der Waals surface area contributed by atoms with Crippen LogP contribution in [0.15, 0.2) is 30.3 Å². The van der Waals surface area contributed by atoms with E-state index in [2.05, 4.69) is 34.5 Å². The minimum Gasteiger partial charge on any atom is -0.348 e. The predicted molar refractivity (Wildman–Crippen MR) is 80.3 cm³/mol. The zero-order valence-electron chi connectivity index (χ0n) is 12.1. The molecule has 0 aromatic heterocycles. The van der Waals surface area contributed by atoms with Crippen molar-refractivity contribution >= 4 is 5.91 Å². The van der Waals surface area contributed by atoms with E-state index in [1.165, 1.54) is 37.9 Å². The number of hydrogen-bond acceptors (Lipinski definition) is 2. The van der Waals surface area contributed by atoms with E-state index in [1.54, 1.807) is 0 Å². The number of hydrogen-bond donors (Lipinski definition) is 1. The van der Waals surface area contributed by atoms with Gasteiger partial charge in [-0.15, -0.1) is 0 Å². The molecule has 3 rings (SSSR count). The molecule has 2 aliphatic rings. The van der Waals surface area contributed by atoms with Gasteiger partial charge in [0.15, 0.2) is 0 Å². The van der Waals surface area contributed by atoms with Gasteiger partial charge in [-0.3, -0.25) is 4.79 Å². The van der Waals surface area contributed by atoms with E-state index in [9.17, 15) is 4.79 Å². The molecule has 1 saturated carbocycles. The van der Waals surface area contributed by atoms with Gasteiger partial charge in [0.2, 0.25) is 5.91 Å². The number of amides is 1. The van der Waals surface area contributed by atoms with Gasteiger partial charge in [-0.05, 0) is 44.3 Å². The second kappa shape index (κ2) is 6.40. The van der Waals surface area contributed by atoms with E-state index in [4.69, 9.17) is 0 Å². The van der Waals surface area contributed by atoms with Gasteiger partial charge in [-0.1, -0.05) is 36.8 Å². The number of nitrogens with zero attached hydrogens (tertiary/aromatic N) is 1. The summed E-state index contributed by atoms with van der Waals surface area (Å²) in [6.07, 6.45) is 5.92. The van der Waals surface area contributed by atoms with Crippen LogP contribution in [0, 0.1) is 5.92 Å². The van der Waals surface area contributed by atoms with Crippen molar-refractivity contribution in [2.75, 3.05) is 19.6 Å². The molecule has 108 valence electrons. The molecule has 1 aromatic carbocycles. The first kappa shape index (κ1) is 13.6. The fourth-order valence-corrected chi connectivity index (χ4v) is 3.10. The highest BCUT2D eigenvalue weighted by molar-refractivity contribution is 5.79. The topological polar surface area (TPSA) is 32.3 Å². The van der Waals surface area contributed by atoms with E-state index < -0.39 is 0 Å². The van der Waals surface area contributed by atoms with Gasteiger partial charge in [0.1, 0.15) is 0 Å². The minimum absolute atomic E-state index is 0.141. The quantitative estimate of drug-likeness (QED) is 0.894. The lowest BCUT2D eigenvalue weighted by atomic mass is 9.84. The minimum atomic E-state index is 0.141. The van der Waals surface area contributed by atoms with Crippen LogP contribution in [-0.2, 0) is 4.79 Å². The molecule has 3 heteroatoms. The van der Waals surface area contributed by atoms with Gasteiger partial charge in [0.25, 0.3) is 0 Å². The molecule has 1 aromatic rings. The molecule has 1 aliphatic carbocycles. The summed E-state index contributed by atoms with van der Waals surface area (Å²) in [6, 6.07) is 10.5. The average molecular weight is 272 g/mol. The molecule has 20 heavy (non-hydrogen) atoms. The Kier molecular flexibility index (Phi) is 4.36. The third-order valence-electron chi connectivity index (χ3n) is 4.63. The maximum absolute atomic E-state index is 12.3. The highest BCUT2D eigenvalue weighted by Crippen LogP contribution is 2.27. The molecular formula is C17H24N2O.